The number of halogens is 1. The summed E-state index contributed by atoms with van der Waals surface area (Å²) < 4.78 is 18.6. The fraction of sp³-hybridized carbons (Fsp3) is 0.400. The summed E-state index contributed by atoms with van der Waals surface area (Å²) in [5.74, 6) is 1.04. The minimum Gasteiger partial charge on any atom is -0.466 e. The van der Waals surface area contributed by atoms with Crippen LogP contribution < -0.4 is 10.6 Å². The predicted molar refractivity (Wildman–Crippen MR) is 98.4 cm³/mol. The maximum absolute atomic E-state index is 13.1. The lowest BCUT2D eigenvalue weighted by Gasteiger charge is -2.34. The number of nitrogens with zero attached hydrogens (tertiary/aromatic N) is 1. The van der Waals surface area contributed by atoms with E-state index in [1.54, 1.807) is 12.1 Å². The van der Waals surface area contributed by atoms with Crippen LogP contribution in [0.25, 0.3) is 0 Å². The highest BCUT2D eigenvalue weighted by Gasteiger charge is 2.31. The van der Waals surface area contributed by atoms with Gasteiger partial charge in [-0.25, -0.2) is 4.39 Å². The molecule has 2 aromatic rings. The van der Waals surface area contributed by atoms with Crippen LogP contribution in [0.15, 0.2) is 40.8 Å². The van der Waals surface area contributed by atoms with E-state index in [1.807, 2.05) is 24.0 Å². The lowest BCUT2D eigenvalue weighted by Crippen LogP contribution is -2.56. The van der Waals surface area contributed by atoms with Gasteiger partial charge in [0.2, 0.25) is 11.8 Å². The second-order valence-electron chi connectivity index (χ2n) is 6.72. The zero-order valence-electron chi connectivity index (χ0n) is 15.3. The molecule has 2 N–H and O–H groups in total. The van der Waals surface area contributed by atoms with Crippen molar-refractivity contribution < 1.29 is 18.4 Å². The first-order valence-electron chi connectivity index (χ1n) is 9.09. The molecule has 1 aromatic heterocycles. The Morgan fingerprint density at radius 1 is 1.30 bits per heavy atom. The van der Waals surface area contributed by atoms with Crippen LogP contribution in [0.2, 0.25) is 0 Å². The van der Waals surface area contributed by atoms with Gasteiger partial charge in [-0.15, -0.1) is 0 Å². The molecule has 1 aromatic carbocycles. The quantitative estimate of drug-likeness (QED) is 0.776. The molecule has 0 bridgehead atoms. The third-order valence-electron chi connectivity index (χ3n) is 4.61. The van der Waals surface area contributed by atoms with E-state index in [4.69, 9.17) is 4.42 Å². The summed E-state index contributed by atoms with van der Waals surface area (Å²) >= 11 is 0. The maximum atomic E-state index is 13.1. The van der Waals surface area contributed by atoms with Crippen molar-refractivity contribution in [1.82, 2.24) is 15.5 Å². The number of carbonyl (C=O) groups is 2. The van der Waals surface area contributed by atoms with Crippen molar-refractivity contribution in [3.8, 4) is 0 Å². The molecular formula is C20H24FN3O3. The molecule has 27 heavy (non-hydrogen) atoms. The number of carbonyl (C=O) groups excluding carboxylic acids is 2. The molecule has 6 nitrogen and oxygen atoms in total. The molecule has 7 heteroatoms. The molecule has 0 spiro atoms. The third kappa shape index (κ3) is 5.40. The summed E-state index contributed by atoms with van der Waals surface area (Å²) in [6, 6.07) is 9.44. The number of hydrogen-bond donors (Lipinski definition) is 2. The molecular weight excluding hydrogens is 349 g/mol. The zero-order chi connectivity index (χ0) is 19.2. The molecule has 3 rings (SSSR count). The normalized spacial score (nSPS) is 17.6. The van der Waals surface area contributed by atoms with E-state index in [1.165, 1.54) is 12.1 Å². The monoisotopic (exact) mass is 373 g/mol. The van der Waals surface area contributed by atoms with E-state index < -0.39 is 6.04 Å². The van der Waals surface area contributed by atoms with Gasteiger partial charge in [0.15, 0.2) is 0 Å². The number of amides is 2. The van der Waals surface area contributed by atoms with Gasteiger partial charge in [0.05, 0.1) is 12.5 Å². The lowest BCUT2D eigenvalue weighted by atomic mass is 10.1. The van der Waals surface area contributed by atoms with Gasteiger partial charge in [-0.2, -0.15) is 0 Å². The van der Waals surface area contributed by atoms with Crippen molar-refractivity contribution in [2.75, 3.05) is 19.6 Å². The number of piperazine rings is 1. The molecule has 0 radical (unpaired) electrons. The first-order valence-corrected chi connectivity index (χ1v) is 9.09. The van der Waals surface area contributed by atoms with Crippen LogP contribution in [0.5, 0.6) is 0 Å². The Morgan fingerprint density at radius 2 is 2.07 bits per heavy atom. The molecule has 0 unspecified atom stereocenters. The molecule has 1 aliphatic rings. The highest BCUT2D eigenvalue weighted by atomic mass is 19.1. The number of hydrogen-bond acceptors (Lipinski definition) is 4. The molecule has 144 valence electrons. The van der Waals surface area contributed by atoms with E-state index in [9.17, 15) is 14.0 Å². The topological polar surface area (TPSA) is 74.6 Å². The first-order chi connectivity index (χ1) is 13.0. The van der Waals surface area contributed by atoms with Crippen LogP contribution in [-0.4, -0.2) is 42.4 Å². The second kappa shape index (κ2) is 8.81. The summed E-state index contributed by atoms with van der Waals surface area (Å²) in [7, 11) is 0. The number of rotatable bonds is 7. The SMILES string of the molecule is Cc1ccc(CCNC(=O)C[C@@H]2C(=O)NCCN2Cc2ccc(F)cc2)o1. The Labute approximate surface area is 157 Å². The minimum absolute atomic E-state index is 0.0875. The molecule has 0 aliphatic carbocycles. The number of aryl methyl sites for hydroxylation is 1. The molecule has 1 aliphatic heterocycles. The predicted octanol–water partition coefficient (Wildman–Crippen LogP) is 1.78. The fourth-order valence-corrected chi connectivity index (χ4v) is 3.19. The van der Waals surface area contributed by atoms with Crippen molar-refractivity contribution in [2.45, 2.75) is 32.4 Å². The van der Waals surface area contributed by atoms with Crippen LogP contribution >= 0.6 is 0 Å². The Morgan fingerprint density at radius 3 is 2.78 bits per heavy atom. The molecule has 1 atom stereocenters. The van der Waals surface area contributed by atoms with Gasteiger partial charge in [0.1, 0.15) is 17.3 Å². The van der Waals surface area contributed by atoms with Gasteiger partial charge < -0.3 is 15.1 Å². The average Bonchev–Trinajstić information content (AvgIpc) is 3.05. The van der Waals surface area contributed by atoms with Gasteiger partial charge in [0.25, 0.3) is 0 Å². The summed E-state index contributed by atoms with van der Waals surface area (Å²) in [4.78, 5) is 26.5. The molecule has 0 saturated carbocycles. The van der Waals surface area contributed by atoms with Crippen LogP contribution in [0, 0.1) is 12.7 Å². The summed E-state index contributed by atoms with van der Waals surface area (Å²) in [6.07, 6.45) is 0.694. The van der Waals surface area contributed by atoms with Crippen molar-refractivity contribution in [2.24, 2.45) is 0 Å². The van der Waals surface area contributed by atoms with Crippen LogP contribution in [-0.2, 0) is 22.6 Å². The Bertz CT molecular complexity index is 788. The van der Waals surface area contributed by atoms with Crippen molar-refractivity contribution >= 4 is 11.8 Å². The van der Waals surface area contributed by atoms with E-state index in [0.29, 0.717) is 32.6 Å². The van der Waals surface area contributed by atoms with Crippen LogP contribution in [0.3, 0.4) is 0 Å². The zero-order valence-corrected chi connectivity index (χ0v) is 15.3. The Hall–Kier alpha value is -2.67. The Kier molecular flexibility index (Phi) is 6.24. The molecule has 1 fully saturated rings. The number of furan rings is 1. The Balaban J connectivity index is 1.53. The fourth-order valence-electron chi connectivity index (χ4n) is 3.19. The van der Waals surface area contributed by atoms with Crippen molar-refractivity contribution in [3.05, 3.63) is 59.3 Å². The van der Waals surface area contributed by atoms with Gasteiger partial charge in [-0.05, 0) is 36.8 Å². The average molecular weight is 373 g/mol. The summed E-state index contributed by atoms with van der Waals surface area (Å²) in [5, 5.41) is 5.66. The number of benzene rings is 1. The van der Waals surface area contributed by atoms with E-state index in [2.05, 4.69) is 10.6 Å². The first kappa shape index (κ1) is 19.1. The largest absolute Gasteiger partial charge is 0.466 e. The van der Waals surface area contributed by atoms with Crippen molar-refractivity contribution in [3.63, 3.8) is 0 Å². The smallest absolute Gasteiger partial charge is 0.237 e. The maximum Gasteiger partial charge on any atom is 0.237 e. The number of nitrogens with one attached hydrogen (secondary N) is 2. The third-order valence-corrected chi connectivity index (χ3v) is 4.61. The highest BCUT2D eigenvalue weighted by molar-refractivity contribution is 5.88. The summed E-state index contributed by atoms with van der Waals surface area (Å²) in [5.41, 5.74) is 0.907. The van der Waals surface area contributed by atoms with Gasteiger partial charge in [-0.1, -0.05) is 12.1 Å². The van der Waals surface area contributed by atoms with E-state index in [0.717, 1.165) is 17.1 Å². The molecule has 2 heterocycles. The van der Waals surface area contributed by atoms with Crippen molar-refractivity contribution in [1.29, 1.82) is 0 Å². The highest BCUT2D eigenvalue weighted by Crippen LogP contribution is 2.14. The summed E-state index contributed by atoms with van der Waals surface area (Å²) in [6.45, 7) is 4.01. The van der Waals surface area contributed by atoms with Gasteiger partial charge in [-0.3, -0.25) is 14.5 Å². The van der Waals surface area contributed by atoms with Gasteiger partial charge >= 0.3 is 0 Å². The molecule has 1 saturated heterocycles. The second-order valence-corrected chi connectivity index (χ2v) is 6.72. The van der Waals surface area contributed by atoms with Crippen LogP contribution in [0.4, 0.5) is 4.39 Å². The molecule has 2 amide bonds. The van der Waals surface area contributed by atoms with Gasteiger partial charge in [0, 0.05) is 32.6 Å². The minimum atomic E-state index is -0.533. The van der Waals surface area contributed by atoms with E-state index in [-0.39, 0.29) is 24.1 Å². The van der Waals surface area contributed by atoms with E-state index >= 15 is 0 Å². The standard InChI is InChI=1S/C20H24FN3O3/c1-14-2-7-17(27-14)8-9-22-19(25)12-18-20(26)23-10-11-24(18)13-15-3-5-16(21)6-4-15/h2-7,18H,8-13H2,1H3,(H,22,25)(H,23,26)/t18-/m1/s1. The van der Waals surface area contributed by atoms with Crippen LogP contribution in [0.1, 0.15) is 23.5 Å². The lowest BCUT2D eigenvalue weighted by molar-refractivity contribution is -0.134.